The van der Waals surface area contributed by atoms with E-state index in [1.165, 1.54) is 18.0 Å². The Labute approximate surface area is 200 Å². The maximum Gasteiger partial charge on any atom is 0.356 e. The third-order valence-electron chi connectivity index (χ3n) is 6.28. The van der Waals surface area contributed by atoms with E-state index in [4.69, 9.17) is 4.74 Å². The highest BCUT2D eigenvalue weighted by atomic mass is 32.2. The van der Waals surface area contributed by atoms with Crippen molar-refractivity contribution in [1.82, 2.24) is 14.5 Å². The number of alkyl halides is 3. The average molecular weight is 516 g/mol. The molecule has 2 aromatic rings. The molecule has 2 amide bonds. The van der Waals surface area contributed by atoms with Gasteiger partial charge in [-0.05, 0) is 18.1 Å². The Bertz CT molecular complexity index is 1220. The molecular weight excluding hydrogens is 490 g/mol. The van der Waals surface area contributed by atoms with Crippen molar-refractivity contribution >= 4 is 16.1 Å². The third-order valence-corrected chi connectivity index (χ3v) is 7.81. The molecule has 7 nitrogen and oxygen atoms in total. The highest BCUT2D eigenvalue weighted by molar-refractivity contribution is 7.90. The first kappa shape index (κ1) is 25.2. The molecule has 3 unspecified atom stereocenters. The number of carbonyl (C=O) groups is 1. The van der Waals surface area contributed by atoms with Crippen molar-refractivity contribution in [2.24, 2.45) is 0 Å². The molecule has 4 rings (SSSR count). The fourth-order valence-electron chi connectivity index (χ4n) is 4.36. The number of nitrogens with zero attached hydrogens (tertiary/aromatic N) is 2. The molecule has 0 saturated carbocycles. The minimum atomic E-state index is -5.26. The molecule has 2 aliphatic rings. The van der Waals surface area contributed by atoms with E-state index in [1.807, 2.05) is 0 Å². The van der Waals surface area contributed by atoms with Crippen LogP contribution < -0.4 is 9.46 Å². The molecule has 0 aromatic heterocycles. The van der Waals surface area contributed by atoms with Crippen molar-refractivity contribution in [2.75, 3.05) is 26.7 Å². The van der Waals surface area contributed by atoms with Gasteiger partial charge in [-0.2, -0.15) is 8.78 Å². The van der Waals surface area contributed by atoms with Gasteiger partial charge in [0.15, 0.2) is 0 Å². The van der Waals surface area contributed by atoms with Gasteiger partial charge in [0.1, 0.15) is 24.3 Å². The molecule has 2 aromatic carbocycles. The molecule has 35 heavy (non-hydrogen) atoms. The number of likely N-dealkylation sites (N-methyl/N-ethyl adjacent to an activating group) is 1. The molecule has 1 N–H and O–H groups in total. The van der Waals surface area contributed by atoms with Crippen LogP contribution in [0.2, 0.25) is 0 Å². The van der Waals surface area contributed by atoms with Gasteiger partial charge >= 0.3 is 11.3 Å². The molecule has 12 heteroatoms. The number of fused-ring (bicyclic) bond motifs is 5. The van der Waals surface area contributed by atoms with Gasteiger partial charge in [-0.3, -0.25) is 0 Å². The lowest BCUT2D eigenvalue weighted by Crippen LogP contribution is -2.54. The van der Waals surface area contributed by atoms with Gasteiger partial charge < -0.3 is 14.5 Å². The lowest BCUT2D eigenvalue weighted by molar-refractivity contribution is 0.110. The molecule has 0 aliphatic carbocycles. The molecular formula is C23H25F4N3O4S. The maximum absolute atomic E-state index is 15.7. The Hall–Kier alpha value is -2.86. The van der Waals surface area contributed by atoms with Crippen LogP contribution >= 0.6 is 0 Å². The Morgan fingerprint density at radius 2 is 1.80 bits per heavy atom. The molecule has 1 saturated heterocycles. The number of rotatable bonds is 3. The smallest absolute Gasteiger partial charge is 0.356 e. The Kier molecular flexibility index (Phi) is 6.71. The van der Waals surface area contributed by atoms with Crippen LogP contribution in [0.1, 0.15) is 12.5 Å². The summed E-state index contributed by atoms with van der Waals surface area (Å²) in [5.41, 5.74) is 0.744. The van der Waals surface area contributed by atoms with Gasteiger partial charge in [0.2, 0.25) is 0 Å². The van der Waals surface area contributed by atoms with Crippen molar-refractivity contribution in [1.29, 1.82) is 0 Å². The molecule has 1 fully saturated rings. The minimum absolute atomic E-state index is 0.0518. The van der Waals surface area contributed by atoms with Gasteiger partial charge in [0, 0.05) is 25.1 Å². The molecule has 3 atom stereocenters. The van der Waals surface area contributed by atoms with E-state index in [2.05, 4.69) is 0 Å². The Morgan fingerprint density at radius 3 is 2.51 bits per heavy atom. The standard InChI is InChI=1S/C23H25F4N3O4S/c1-23(26,27)35(32,33)28-21-17(24)13-30-18(21)12-14-6-5-8-16(20(14)25)15-7-3-4-9-19(15)34-11-10-29(2)22(30)31/h3-9,17-18,21,28H,10-13H2,1-2H3. The number of sulfonamides is 1. The second kappa shape index (κ2) is 9.30. The second-order valence-electron chi connectivity index (χ2n) is 8.72. The van der Waals surface area contributed by atoms with Crippen LogP contribution in [0.3, 0.4) is 0 Å². The summed E-state index contributed by atoms with van der Waals surface area (Å²) in [5, 5.41) is -4.18. The topological polar surface area (TPSA) is 79.0 Å². The van der Waals surface area contributed by atoms with E-state index >= 15 is 8.78 Å². The Balaban J connectivity index is 1.81. The highest BCUT2D eigenvalue weighted by Gasteiger charge is 2.50. The SMILES string of the molecule is CN1CCOc2ccccc2-c2cccc(c2F)CC2C(NS(=O)(=O)C(C)(F)F)C(F)CN2C1=O. The summed E-state index contributed by atoms with van der Waals surface area (Å²) in [5.74, 6) is -0.253. The molecule has 2 heterocycles. The van der Waals surface area contributed by atoms with E-state index in [1.54, 1.807) is 41.1 Å². The number of para-hydroxylation sites is 1. The zero-order chi connectivity index (χ0) is 25.5. The van der Waals surface area contributed by atoms with Crippen molar-refractivity contribution in [3.63, 3.8) is 0 Å². The van der Waals surface area contributed by atoms with Crippen LogP contribution in [0.5, 0.6) is 5.75 Å². The van der Waals surface area contributed by atoms with E-state index in [0.717, 1.165) is 4.90 Å². The van der Waals surface area contributed by atoms with Crippen LogP contribution in [0.15, 0.2) is 42.5 Å². The summed E-state index contributed by atoms with van der Waals surface area (Å²) in [6.45, 7) is -0.217. The number of amides is 2. The minimum Gasteiger partial charge on any atom is -0.491 e. The van der Waals surface area contributed by atoms with Gasteiger partial charge in [-0.1, -0.05) is 36.4 Å². The normalized spacial score (nSPS) is 23.5. The number of benzene rings is 2. The molecule has 190 valence electrons. The molecule has 0 radical (unpaired) electrons. The number of hydrogen-bond donors (Lipinski definition) is 1. The number of carbonyl (C=O) groups excluding carboxylic acids is 1. The molecule has 0 spiro atoms. The van der Waals surface area contributed by atoms with Crippen molar-refractivity contribution in [2.45, 2.75) is 36.9 Å². The first-order chi connectivity index (χ1) is 16.4. The van der Waals surface area contributed by atoms with Crippen LogP contribution in [0.4, 0.5) is 22.4 Å². The lowest BCUT2D eigenvalue weighted by Gasteiger charge is -2.32. The summed E-state index contributed by atoms with van der Waals surface area (Å²) in [6, 6.07) is 7.73. The number of nitrogens with one attached hydrogen (secondary N) is 1. The third kappa shape index (κ3) is 4.81. The van der Waals surface area contributed by atoms with Gasteiger partial charge in [-0.15, -0.1) is 0 Å². The summed E-state index contributed by atoms with van der Waals surface area (Å²) in [4.78, 5) is 15.5. The largest absolute Gasteiger partial charge is 0.491 e. The molecule has 2 bridgehead atoms. The van der Waals surface area contributed by atoms with E-state index in [-0.39, 0.29) is 37.6 Å². The maximum atomic E-state index is 15.7. The second-order valence-corrected chi connectivity index (χ2v) is 10.7. The first-order valence-electron chi connectivity index (χ1n) is 11.0. The quantitative estimate of drug-likeness (QED) is 0.636. The fourth-order valence-corrected chi connectivity index (χ4v) is 5.23. The van der Waals surface area contributed by atoms with Gasteiger partial charge in [0.25, 0.3) is 10.0 Å². The van der Waals surface area contributed by atoms with E-state index in [0.29, 0.717) is 11.3 Å². The zero-order valence-electron chi connectivity index (χ0n) is 19.0. The average Bonchev–Trinajstić information content (AvgIpc) is 3.08. The van der Waals surface area contributed by atoms with E-state index in [9.17, 15) is 22.0 Å². The summed E-state index contributed by atoms with van der Waals surface area (Å²) in [7, 11) is -3.80. The monoisotopic (exact) mass is 515 g/mol. The van der Waals surface area contributed by atoms with Gasteiger partial charge in [0.05, 0.1) is 25.2 Å². The zero-order valence-corrected chi connectivity index (χ0v) is 19.9. The highest BCUT2D eigenvalue weighted by Crippen LogP contribution is 2.35. The number of halogens is 4. The lowest BCUT2D eigenvalue weighted by atomic mass is 9.95. The van der Waals surface area contributed by atoms with Crippen LogP contribution in [-0.2, 0) is 16.4 Å². The number of ether oxygens (including phenoxy) is 1. The first-order valence-corrected chi connectivity index (χ1v) is 12.4. The Morgan fingerprint density at radius 1 is 1.11 bits per heavy atom. The van der Waals surface area contributed by atoms with Crippen LogP contribution in [0.25, 0.3) is 11.1 Å². The summed E-state index contributed by atoms with van der Waals surface area (Å²) >= 11 is 0. The van der Waals surface area contributed by atoms with E-state index < -0.39 is 51.9 Å². The van der Waals surface area contributed by atoms with Crippen LogP contribution in [-0.4, -0.2) is 74.5 Å². The van der Waals surface area contributed by atoms with Gasteiger partial charge in [-0.25, -0.2) is 26.7 Å². The predicted octanol–water partition coefficient (Wildman–Crippen LogP) is 3.40. The fraction of sp³-hybridized carbons (Fsp3) is 0.435. The van der Waals surface area contributed by atoms with Crippen LogP contribution in [0, 0.1) is 5.82 Å². The van der Waals surface area contributed by atoms with Crippen molar-refractivity contribution in [3.8, 4) is 16.9 Å². The van der Waals surface area contributed by atoms with Crippen molar-refractivity contribution in [3.05, 3.63) is 53.8 Å². The van der Waals surface area contributed by atoms with Crippen molar-refractivity contribution < 1.29 is 35.5 Å². The summed E-state index contributed by atoms with van der Waals surface area (Å²) < 4.78 is 90.0. The predicted molar refractivity (Wildman–Crippen MR) is 121 cm³/mol. The molecule has 2 aliphatic heterocycles. The number of hydrogen-bond acceptors (Lipinski definition) is 4. The summed E-state index contributed by atoms with van der Waals surface area (Å²) in [6.07, 6.45) is -2.28. The number of urea groups is 1.